The van der Waals surface area contributed by atoms with Crippen molar-refractivity contribution in [3.8, 4) is 0 Å². The zero-order valence-electron chi connectivity index (χ0n) is 17.1. The fourth-order valence-electron chi connectivity index (χ4n) is 2.95. The van der Waals surface area contributed by atoms with Gasteiger partial charge in [-0.3, -0.25) is 19.3 Å². The zero-order chi connectivity index (χ0) is 23.2. The minimum atomic E-state index is -0.511. The van der Waals surface area contributed by atoms with E-state index in [0.29, 0.717) is 11.7 Å². The molecule has 3 amide bonds. The fraction of sp³-hybridized carbons (Fsp3) is 0.190. The molecule has 1 N–H and O–H groups in total. The monoisotopic (exact) mass is 487 g/mol. The lowest BCUT2D eigenvalue weighted by Crippen LogP contribution is -2.37. The number of imide groups is 1. The number of hydrogen-bond donors (Lipinski definition) is 1. The van der Waals surface area contributed by atoms with Crippen LogP contribution in [0, 0.1) is 5.82 Å². The molecule has 1 fully saturated rings. The van der Waals surface area contributed by atoms with Crippen molar-refractivity contribution in [2.24, 2.45) is 0 Å². The van der Waals surface area contributed by atoms with Crippen LogP contribution in [-0.4, -0.2) is 55.6 Å². The summed E-state index contributed by atoms with van der Waals surface area (Å²) in [5.41, 5.74) is 0.230. The first kappa shape index (κ1) is 22.8. The number of nitrogens with zero attached hydrogens (tertiary/aromatic N) is 4. The Kier molecular flexibility index (Phi) is 7.25. The van der Waals surface area contributed by atoms with Gasteiger partial charge in [-0.25, -0.2) is 4.39 Å². The summed E-state index contributed by atoms with van der Waals surface area (Å²) in [5, 5.41) is 10.6. The molecule has 12 heteroatoms. The van der Waals surface area contributed by atoms with Gasteiger partial charge in [-0.15, -0.1) is 10.2 Å². The zero-order valence-corrected chi connectivity index (χ0v) is 18.8. The third kappa shape index (κ3) is 5.71. The van der Waals surface area contributed by atoms with Crippen molar-refractivity contribution in [2.75, 3.05) is 18.8 Å². The lowest BCUT2D eigenvalue weighted by atomic mass is 10.2. The standard InChI is InChI=1S/C21H18FN5O4S2/c22-16-6-2-1-4-14(16)10-17-19(29)27(21(30)33-17)8-7-23-18(28)12-32-20-25-24-13-26(20)11-15-5-3-9-31-15/h1-6,9-10,13H,7-8,11-12H2,(H,23,28)/b17-10-. The number of furan rings is 1. The van der Waals surface area contributed by atoms with E-state index in [1.54, 1.807) is 35.4 Å². The first-order valence-electron chi connectivity index (χ1n) is 9.81. The molecule has 3 heterocycles. The van der Waals surface area contributed by atoms with E-state index < -0.39 is 17.0 Å². The molecular weight excluding hydrogens is 469 g/mol. The molecule has 2 aromatic heterocycles. The van der Waals surface area contributed by atoms with Crippen molar-refractivity contribution in [3.05, 3.63) is 71.0 Å². The predicted octanol–water partition coefficient (Wildman–Crippen LogP) is 3.00. The molecule has 9 nitrogen and oxygen atoms in total. The molecule has 0 spiro atoms. The van der Waals surface area contributed by atoms with Crippen molar-refractivity contribution < 1.29 is 23.2 Å². The lowest BCUT2D eigenvalue weighted by Gasteiger charge is -2.13. The lowest BCUT2D eigenvalue weighted by molar-refractivity contribution is -0.123. The van der Waals surface area contributed by atoms with Crippen LogP contribution in [0.15, 0.2) is 63.5 Å². The highest BCUT2D eigenvalue weighted by Crippen LogP contribution is 2.32. The molecule has 33 heavy (non-hydrogen) atoms. The summed E-state index contributed by atoms with van der Waals surface area (Å²) in [7, 11) is 0. The van der Waals surface area contributed by atoms with E-state index in [1.165, 1.54) is 30.0 Å². The van der Waals surface area contributed by atoms with Gasteiger partial charge in [-0.05, 0) is 36.0 Å². The second-order valence-corrected chi connectivity index (χ2v) is 8.75. The molecule has 1 aromatic carbocycles. The molecule has 1 saturated heterocycles. The topological polar surface area (TPSA) is 110 Å². The number of carbonyl (C=O) groups excluding carboxylic acids is 3. The number of nitrogens with one attached hydrogen (secondary N) is 1. The molecule has 1 aliphatic heterocycles. The van der Waals surface area contributed by atoms with Crippen molar-refractivity contribution in [1.82, 2.24) is 25.0 Å². The van der Waals surface area contributed by atoms with E-state index in [1.807, 2.05) is 6.07 Å². The Morgan fingerprint density at radius 2 is 2.09 bits per heavy atom. The van der Waals surface area contributed by atoms with Crippen LogP contribution < -0.4 is 5.32 Å². The van der Waals surface area contributed by atoms with E-state index in [9.17, 15) is 18.8 Å². The molecule has 0 radical (unpaired) electrons. The highest BCUT2D eigenvalue weighted by molar-refractivity contribution is 8.18. The molecule has 0 saturated carbocycles. The van der Waals surface area contributed by atoms with E-state index in [-0.39, 0.29) is 35.2 Å². The molecule has 0 unspecified atom stereocenters. The van der Waals surface area contributed by atoms with Crippen LogP contribution in [0.1, 0.15) is 11.3 Å². The van der Waals surface area contributed by atoms with Gasteiger partial charge < -0.3 is 14.3 Å². The average Bonchev–Trinajstić information content (AvgIpc) is 3.53. The van der Waals surface area contributed by atoms with Crippen LogP contribution in [0.3, 0.4) is 0 Å². The Balaban J connectivity index is 1.25. The number of halogens is 1. The van der Waals surface area contributed by atoms with Crippen LogP contribution in [0.4, 0.5) is 9.18 Å². The smallest absolute Gasteiger partial charge is 0.293 e. The Hall–Kier alpha value is -3.38. The van der Waals surface area contributed by atoms with Gasteiger partial charge in [0.2, 0.25) is 5.91 Å². The maximum Gasteiger partial charge on any atom is 0.293 e. The third-order valence-electron chi connectivity index (χ3n) is 4.54. The number of thioether (sulfide) groups is 2. The normalized spacial score (nSPS) is 14.9. The highest BCUT2D eigenvalue weighted by atomic mass is 32.2. The summed E-state index contributed by atoms with van der Waals surface area (Å²) in [4.78, 5) is 38.1. The van der Waals surface area contributed by atoms with Crippen molar-refractivity contribution in [1.29, 1.82) is 0 Å². The van der Waals surface area contributed by atoms with Crippen LogP contribution >= 0.6 is 23.5 Å². The fourth-order valence-corrected chi connectivity index (χ4v) is 4.55. The number of carbonyl (C=O) groups is 3. The summed E-state index contributed by atoms with van der Waals surface area (Å²) >= 11 is 1.95. The van der Waals surface area contributed by atoms with Gasteiger partial charge in [0.15, 0.2) is 5.16 Å². The molecule has 0 bridgehead atoms. The van der Waals surface area contributed by atoms with Gasteiger partial charge in [0.25, 0.3) is 11.1 Å². The largest absolute Gasteiger partial charge is 0.467 e. The minimum Gasteiger partial charge on any atom is -0.467 e. The van der Waals surface area contributed by atoms with Crippen LogP contribution in [-0.2, 0) is 16.1 Å². The highest BCUT2D eigenvalue weighted by Gasteiger charge is 2.34. The maximum atomic E-state index is 13.8. The summed E-state index contributed by atoms with van der Waals surface area (Å²) < 4.78 is 20.9. The van der Waals surface area contributed by atoms with E-state index in [0.717, 1.165) is 22.4 Å². The third-order valence-corrected chi connectivity index (χ3v) is 6.43. The van der Waals surface area contributed by atoms with Gasteiger partial charge in [0, 0.05) is 18.7 Å². The average molecular weight is 488 g/mol. The van der Waals surface area contributed by atoms with Crippen molar-refractivity contribution >= 4 is 46.7 Å². The first-order valence-corrected chi connectivity index (χ1v) is 11.6. The van der Waals surface area contributed by atoms with Gasteiger partial charge in [-0.1, -0.05) is 30.0 Å². The summed E-state index contributed by atoms with van der Waals surface area (Å²) in [6.07, 6.45) is 4.48. The molecule has 170 valence electrons. The Bertz CT molecular complexity index is 1190. The minimum absolute atomic E-state index is 0.0182. The van der Waals surface area contributed by atoms with Crippen LogP contribution in [0.2, 0.25) is 0 Å². The molecule has 0 aliphatic carbocycles. The predicted molar refractivity (Wildman–Crippen MR) is 121 cm³/mol. The molecule has 4 rings (SSSR count). The molecule has 0 atom stereocenters. The van der Waals surface area contributed by atoms with Gasteiger partial charge in [0.05, 0.1) is 23.5 Å². The van der Waals surface area contributed by atoms with Gasteiger partial charge >= 0.3 is 0 Å². The van der Waals surface area contributed by atoms with E-state index in [4.69, 9.17) is 4.42 Å². The number of amides is 3. The van der Waals surface area contributed by atoms with E-state index >= 15 is 0 Å². The Morgan fingerprint density at radius 3 is 2.88 bits per heavy atom. The van der Waals surface area contributed by atoms with Crippen molar-refractivity contribution in [3.63, 3.8) is 0 Å². The maximum absolute atomic E-state index is 13.8. The second-order valence-electron chi connectivity index (χ2n) is 6.81. The first-order chi connectivity index (χ1) is 16.0. The number of aromatic nitrogens is 3. The summed E-state index contributed by atoms with van der Waals surface area (Å²) in [6, 6.07) is 9.61. The van der Waals surface area contributed by atoms with Crippen LogP contribution in [0.25, 0.3) is 6.08 Å². The number of rotatable bonds is 9. The molecular formula is C21H18FN5O4S2. The van der Waals surface area contributed by atoms with Crippen molar-refractivity contribution in [2.45, 2.75) is 11.7 Å². The Labute approximate surface area is 196 Å². The molecule has 3 aromatic rings. The summed E-state index contributed by atoms with van der Waals surface area (Å²) in [6.45, 7) is 0.567. The quantitative estimate of drug-likeness (QED) is 0.362. The van der Waals surface area contributed by atoms with Crippen LogP contribution in [0.5, 0.6) is 0 Å². The number of hydrogen-bond acceptors (Lipinski definition) is 8. The van der Waals surface area contributed by atoms with Gasteiger partial charge in [-0.2, -0.15) is 0 Å². The SMILES string of the molecule is O=C(CSc1nncn1Cc1ccco1)NCCN1C(=O)S/C(=C\c2ccccc2F)C1=O. The molecule has 1 aliphatic rings. The number of benzene rings is 1. The van der Waals surface area contributed by atoms with Gasteiger partial charge in [0.1, 0.15) is 17.9 Å². The van der Waals surface area contributed by atoms with E-state index in [2.05, 4.69) is 15.5 Å². The Morgan fingerprint density at radius 1 is 1.24 bits per heavy atom. The second kappa shape index (κ2) is 10.5. The summed E-state index contributed by atoms with van der Waals surface area (Å²) in [5.74, 6) is -0.438.